The van der Waals surface area contributed by atoms with E-state index in [1.54, 1.807) is 6.20 Å². The molecule has 1 aliphatic rings. The summed E-state index contributed by atoms with van der Waals surface area (Å²) in [4.78, 5) is 22.5. The summed E-state index contributed by atoms with van der Waals surface area (Å²) in [5, 5.41) is 1.14. The summed E-state index contributed by atoms with van der Waals surface area (Å²) >= 11 is 0. The number of benzene rings is 1. The first-order valence-corrected chi connectivity index (χ1v) is 8.57. The smallest absolute Gasteiger partial charge is 0.227 e. The molecule has 1 fully saturated rings. The summed E-state index contributed by atoms with van der Waals surface area (Å²) in [5.41, 5.74) is 3.30. The van der Waals surface area contributed by atoms with Crippen LogP contribution in [0.15, 0.2) is 55.0 Å². The largest absolute Gasteiger partial charge is 0.361 e. The number of likely N-dealkylation sites (tertiary alicyclic amines) is 1. The quantitative estimate of drug-likeness (QED) is 0.797. The molecule has 1 aliphatic heterocycles. The number of piperidine rings is 1. The van der Waals surface area contributed by atoms with Gasteiger partial charge in [-0.1, -0.05) is 24.3 Å². The number of pyridine rings is 1. The van der Waals surface area contributed by atoms with Gasteiger partial charge >= 0.3 is 0 Å². The van der Waals surface area contributed by atoms with E-state index in [0.717, 1.165) is 47.8 Å². The fraction of sp³-hybridized carbons (Fsp3) is 0.300. The highest BCUT2D eigenvalue weighted by Gasteiger charge is 2.28. The second-order valence-electron chi connectivity index (χ2n) is 6.42. The Morgan fingerprint density at radius 1 is 1.21 bits per heavy atom. The molecule has 3 heterocycles. The number of para-hydroxylation sites is 1. The van der Waals surface area contributed by atoms with Gasteiger partial charge in [-0.05, 0) is 42.5 Å². The Bertz CT molecular complexity index is 840. The van der Waals surface area contributed by atoms with E-state index in [1.165, 1.54) is 0 Å². The highest BCUT2D eigenvalue weighted by molar-refractivity contribution is 5.89. The minimum atomic E-state index is 0.158. The molecule has 0 spiro atoms. The van der Waals surface area contributed by atoms with Crippen molar-refractivity contribution in [2.75, 3.05) is 6.54 Å². The predicted molar refractivity (Wildman–Crippen MR) is 94.5 cm³/mol. The van der Waals surface area contributed by atoms with E-state index in [-0.39, 0.29) is 11.9 Å². The van der Waals surface area contributed by atoms with Crippen molar-refractivity contribution >= 4 is 16.8 Å². The van der Waals surface area contributed by atoms with Crippen molar-refractivity contribution < 1.29 is 4.79 Å². The van der Waals surface area contributed by atoms with Gasteiger partial charge in [-0.25, -0.2) is 0 Å². The molecule has 1 aromatic carbocycles. The highest BCUT2D eigenvalue weighted by atomic mass is 16.2. The van der Waals surface area contributed by atoms with Crippen molar-refractivity contribution in [1.29, 1.82) is 0 Å². The zero-order chi connectivity index (χ0) is 16.4. The Labute approximate surface area is 141 Å². The van der Waals surface area contributed by atoms with Crippen molar-refractivity contribution in [3.05, 3.63) is 66.1 Å². The van der Waals surface area contributed by atoms with Crippen LogP contribution >= 0.6 is 0 Å². The second-order valence-corrected chi connectivity index (χ2v) is 6.42. The van der Waals surface area contributed by atoms with Gasteiger partial charge in [0, 0.05) is 36.0 Å². The lowest BCUT2D eigenvalue weighted by Crippen LogP contribution is -2.39. The number of aromatic nitrogens is 2. The molecule has 2 aromatic heterocycles. The van der Waals surface area contributed by atoms with E-state index in [4.69, 9.17) is 0 Å². The Morgan fingerprint density at radius 3 is 3.00 bits per heavy atom. The Hall–Kier alpha value is -2.62. The van der Waals surface area contributed by atoms with Crippen LogP contribution in [0.5, 0.6) is 0 Å². The maximum atomic E-state index is 13.0. The SMILES string of the molecule is O=C(Cc1c[nH]c2ccccc12)N1CCCCC1c1cccnc1. The molecule has 1 saturated heterocycles. The normalized spacial score (nSPS) is 18.0. The Kier molecular flexibility index (Phi) is 4.03. The molecule has 24 heavy (non-hydrogen) atoms. The van der Waals surface area contributed by atoms with Crippen LogP contribution in [0.2, 0.25) is 0 Å². The van der Waals surface area contributed by atoms with Crippen molar-refractivity contribution in [2.24, 2.45) is 0 Å². The van der Waals surface area contributed by atoms with Gasteiger partial charge in [0.2, 0.25) is 5.91 Å². The third kappa shape index (κ3) is 2.80. The molecule has 0 bridgehead atoms. The molecule has 0 aliphatic carbocycles. The summed E-state index contributed by atoms with van der Waals surface area (Å²) in [5.74, 6) is 0.202. The Balaban J connectivity index is 1.58. The number of carbonyl (C=O) groups excluding carboxylic acids is 1. The first-order chi connectivity index (χ1) is 11.8. The molecule has 4 rings (SSSR count). The number of H-pyrrole nitrogens is 1. The summed E-state index contributed by atoms with van der Waals surface area (Å²) in [6.45, 7) is 0.834. The number of rotatable bonds is 3. The van der Waals surface area contributed by atoms with Gasteiger partial charge in [0.25, 0.3) is 0 Å². The summed E-state index contributed by atoms with van der Waals surface area (Å²) in [6.07, 6.45) is 9.34. The number of hydrogen-bond donors (Lipinski definition) is 1. The second kappa shape index (κ2) is 6.48. The average Bonchev–Trinajstić information content (AvgIpc) is 3.05. The molecule has 4 nitrogen and oxygen atoms in total. The maximum absolute atomic E-state index is 13.0. The van der Waals surface area contributed by atoms with Gasteiger partial charge in [0.1, 0.15) is 0 Å². The minimum absolute atomic E-state index is 0.158. The van der Waals surface area contributed by atoms with E-state index in [9.17, 15) is 4.79 Å². The summed E-state index contributed by atoms with van der Waals surface area (Å²) in [7, 11) is 0. The summed E-state index contributed by atoms with van der Waals surface area (Å²) < 4.78 is 0. The van der Waals surface area contributed by atoms with Crippen LogP contribution in [0, 0.1) is 0 Å². The van der Waals surface area contributed by atoms with Gasteiger partial charge in [-0.15, -0.1) is 0 Å². The fourth-order valence-corrected chi connectivity index (χ4v) is 3.69. The monoisotopic (exact) mass is 319 g/mol. The van der Waals surface area contributed by atoms with Crippen molar-refractivity contribution in [2.45, 2.75) is 31.7 Å². The topological polar surface area (TPSA) is 49.0 Å². The number of hydrogen-bond acceptors (Lipinski definition) is 2. The number of fused-ring (bicyclic) bond motifs is 1. The maximum Gasteiger partial charge on any atom is 0.227 e. The highest BCUT2D eigenvalue weighted by Crippen LogP contribution is 2.31. The van der Waals surface area contributed by atoms with Gasteiger partial charge in [0.05, 0.1) is 12.5 Å². The van der Waals surface area contributed by atoms with E-state index >= 15 is 0 Å². The molecule has 4 heteroatoms. The lowest BCUT2D eigenvalue weighted by atomic mass is 9.95. The molecule has 122 valence electrons. The van der Waals surface area contributed by atoms with Gasteiger partial charge in [-0.2, -0.15) is 0 Å². The van der Waals surface area contributed by atoms with Crippen LogP contribution in [-0.2, 0) is 11.2 Å². The molecule has 1 N–H and O–H groups in total. The van der Waals surface area contributed by atoms with Crippen LogP contribution in [0.3, 0.4) is 0 Å². The van der Waals surface area contributed by atoms with E-state index in [0.29, 0.717) is 6.42 Å². The van der Waals surface area contributed by atoms with Crippen LogP contribution in [0.4, 0.5) is 0 Å². The van der Waals surface area contributed by atoms with E-state index in [1.807, 2.05) is 41.6 Å². The molecular weight excluding hydrogens is 298 g/mol. The average molecular weight is 319 g/mol. The third-order valence-electron chi connectivity index (χ3n) is 4.91. The van der Waals surface area contributed by atoms with Gasteiger partial charge in [-0.3, -0.25) is 9.78 Å². The summed E-state index contributed by atoms with van der Waals surface area (Å²) in [6, 6.07) is 12.3. The van der Waals surface area contributed by atoms with Gasteiger partial charge in [0.15, 0.2) is 0 Å². The molecule has 1 unspecified atom stereocenters. The zero-order valence-corrected chi connectivity index (χ0v) is 13.6. The van der Waals surface area contributed by atoms with Gasteiger partial charge < -0.3 is 9.88 Å². The molecule has 0 radical (unpaired) electrons. The molecular formula is C20H21N3O. The minimum Gasteiger partial charge on any atom is -0.361 e. The van der Waals surface area contributed by atoms with Crippen molar-refractivity contribution in [3.63, 3.8) is 0 Å². The molecule has 0 saturated carbocycles. The molecule has 1 atom stereocenters. The molecule has 3 aromatic rings. The van der Waals surface area contributed by atoms with E-state index in [2.05, 4.69) is 22.1 Å². The number of nitrogens with zero attached hydrogens (tertiary/aromatic N) is 2. The van der Waals surface area contributed by atoms with Crippen molar-refractivity contribution in [1.82, 2.24) is 14.9 Å². The first kappa shape index (κ1) is 14.9. The zero-order valence-electron chi connectivity index (χ0n) is 13.6. The standard InChI is InChI=1S/C20H21N3O/c24-20(12-16-14-22-18-8-2-1-7-17(16)18)23-11-4-3-9-19(23)15-6-5-10-21-13-15/h1-2,5-8,10,13-14,19,22H,3-4,9,11-12H2. The lowest BCUT2D eigenvalue weighted by molar-refractivity contribution is -0.134. The van der Waals surface area contributed by atoms with Crippen LogP contribution < -0.4 is 0 Å². The predicted octanol–water partition coefficient (Wildman–Crippen LogP) is 3.86. The number of amides is 1. The Morgan fingerprint density at radius 2 is 2.12 bits per heavy atom. The van der Waals surface area contributed by atoms with E-state index < -0.39 is 0 Å². The van der Waals surface area contributed by atoms with Crippen molar-refractivity contribution in [3.8, 4) is 0 Å². The van der Waals surface area contributed by atoms with Crippen LogP contribution in [-0.4, -0.2) is 27.3 Å². The number of nitrogens with one attached hydrogen (secondary N) is 1. The number of aromatic amines is 1. The van der Waals surface area contributed by atoms with Crippen LogP contribution in [0.1, 0.15) is 36.4 Å². The third-order valence-corrected chi connectivity index (χ3v) is 4.91. The molecule has 1 amide bonds. The number of carbonyl (C=O) groups is 1. The lowest BCUT2D eigenvalue weighted by Gasteiger charge is -2.36. The first-order valence-electron chi connectivity index (χ1n) is 8.57. The fourth-order valence-electron chi connectivity index (χ4n) is 3.69. The van der Waals surface area contributed by atoms with Crippen LogP contribution in [0.25, 0.3) is 10.9 Å².